The number of rotatable bonds is 4. The van der Waals surface area contributed by atoms with Crippen molar-refractivity contribution >= 4 is 5.91 Å². The van der Waals surface area contributed by atoms with E-state index in [1.54, 1.807) is 12.5 Å². The summed E-state index contributed by atoms with van der Waals surface area (Å²) in [4.78, 5) is 21.3. The van der Waals surface area contributed by atoms with Crippen LogP contribution in [0, 0.1) is 0 Å². The third-order valence-electron chi connectivity index (χ3n) is 1.97. The predicted molar refractivity (Wildman–Crippen MR) is 52.0 cm³/mol. The van der Waals surface area contributed by atoms with Gasteiger partial charge in [-0.2, -0.15) is 4.98 Å². The zero-order valence-corrected chi connectivity index (χ0v) is 8.25. The Morgan fingerprint density at radius 2 is 2.44 bits per heavy atom. The number of imidazole rings is 1. The number of nitrogens with two attached hydrogens (primary N) is 2. The Bertz CT molecular complexity index is 476. The Hall–Kier alpha value is -2.22. The standard InChI is InChI=1S/C8H10N6O2/c9-5(1-4-2-11-3-12-4)8-13-7(6(10)15)14-16-8/h2-3,5H,1,9H2,(H2,10,15)(H,11,12)/t5-/m1/s1. The van der Waals surface area contributed by atoms with Crippen LogP contribution < -0.4 is 11.5 Å². The summed E-state index contributed by atoms with van der Waals surface area (Å²) in [5.74, 6) is -0.748. The van der Waals surface area contributed by atoms with Crippen LogP contribution in [0.15, 0.2) is 17.0 Å². The summed E-state index contributed by atoms with van der Waals surface area (Å²) in [6.45, 7) is 0. The van der Waals surface area contributed by atoms with Gasteiger partial charge in [0, 0.05) is 18.3 Å². The molecule has 0 fully saturated rings. The van der Waals surface area contributed by atoms with Gasteiger partial charge in [-0.05, 0) is 0 Å². The van der Waals surface area contributed by atoms with Crippen molar-refractivity contribution in [3.63, 3.8) is 0 Å². The number of hydrogen-bond donors (Lipinski definition) is 3. The maximum Gasteiger partial charge on any atom is 0.290 e. The molecule has 1 atom stereocenters. The van der Waals surface area contributed by atoms with Crippen LogP contribution in [0.5, 0.6) is 0 Å². The molecule has 0 aromatic carbocycles. The second-order valence-corrected chi connectivity index (χ2v) is 3.21. The number of H-pyrrole nitrogens is 1. The molecule has 2 rings (SSSR count). The number of primary amides is 1. The summed E-state index contributed by atoms with van der Waals surface area (Å²) in [5, 5.41) is 3.40. The molecule has 0 spiro atoms. The van der Waals surface area contributed by atoms with E-state index >= 15 is 0 Å². The molecule has 0 aliphatic heterocycles. The summed E-state index contributed by atoms with van der Waals surface area (Å²) in [7, 11) is 0. The average molecular weight is 222 g/mol. The summed E-state index contributed by atoms with van der Waals surface area (Å²) >= 11 is 0. The van der Waals surface area contributed by atoms with Crippen LogP contribution in [0.4, 0.5) is 0 Å². The van der Waals surface area contributed by atoms with E-state index in [2.05, 4.69) is 20.1 Å². The fourth-order valence-corrected chi connectivity index (χ4v) is 1.21. The fraction of sp³-hybridized carbons (Fsp3) is 0.250. The minimum Gasteiger partial charge on any atom is -0.363 e. The van der Waals surface area contributed by atoms with Crippen molar-refractivity contribution in [2.75, 3.05) is 0 Å². The van der Waals surface area contributed by atoms with Gasteiger partial charge in [0.2, 0.25) is 5.89 Å². The van der Waals surface area contributed by atoms with Crippen LogP contribution >= 0.6 is 0 Å². The molecule has 0 saturated heterocycles. The molecule has 0 bridgehead atoms. The van der Waals surface area contributed by atoms with Gasteiger partial charge in [0.05, 0.1) is 12.4 Å². The molecule has 2 aromatic heterocycles. The van der Waals surface area contributed by atoms with Crippen LogP contribution in [-0.2, 0) is 6.42 Å². The van der Waals surface area contributed by atoms with Gasteiger partial charge in [-0.1, -0.05) is 5.16 Å². The molecule has 0 aliphatic carbocycles. The first-order valence-corrected chi connectivity index (χ1v) is 4.53. The minimum atomic E-state index is -0.747. The van der Waals surface area contributed by atoms with Crippen LogP contribution in [0.3, 0.4) is 0 Å². The first kappa shape index (κ1) is 10.3. The molecule has 8 nitrogen and oxygen atoms in total. The zero-order valence-electron chi connectivity index (χ0n) is 8.25. The van der Waals surface area contributed by atoms with E-state index in [1.165, 1.54) is 0 Å². The van der Waals surface area contributed by atoms with E-state index in [4.69, 9.17) is 16.0 Å². The smallest absolute Gasteiger partial charge is 0.290 e. The molecular weight excluding hydrogens is 212 g/mol. The van der Waals surface area contributed by atoms with Crippen molar-refractivity contribution in [1.29, 1.82) is 0 Å². The molecule has 0 aliphatic rings. The highest BCUT2D eigenvalue weighted by atomic mass is 16.5. The Labute approximate surface area is 90.0 Å². The summed E-state index contributed by atoms with van der Waals surface area (Å²) < 4.78 is 4.82. The number of nitrogens with zero attached hydrogens (tertiary/aromatic N) is 3. The van der Waals surface area contributed by atoms with Crippen LogP contribution in [0.1, 0.15) is 28.2 Å². The average Bonchev–Trinajstić information content (AvgIpc) is 2.86. The number of amides is 1. The SMILES string of the molecule is NC(=O)c1noc([C@H](N)Cc2cnc[nH]2)n1. The molecular formula is C8H10N6O2. The maximum atomic E-state index is 10.7. The topological polar surface area (TPSA) is 137 Å². The second kappa shape index (κ2) is 4.11. The van der Waals surface area contributed by atoms with E-state index < -0.39 is 11.9 Å². The van der Waals surface area contributed by atoms with E-state index in [9.17, 15) is 4.79 Å². The Balaban J connectivity index is 2.08. The van der Waals surface area contributed by atoms with Gasteiger partial charge >= 0.3 is 0 Å². The first-order chi connectivity index (χ1) is 7.66. The van der Waals surface area contributed by atoms with E-state index in [-0.39, 0.29) is 11.7 Å². The van der Waals surface area contributed by atoms with Crippen molar-refractivity contribution in [2.24, 2.45) is 11.5 Å². The van der Waals surface area contributed by atoms with Crippen molar-refractivity contribution in [2.45, 2.75) is 12.5 Å². The Morgan fingerprint density at radius 1 is 1.62 bits per heavy atom. The monoisotopic (exact) mass is 222 g/mol. The first-order valence-electron chi connectivity index (χ1n) is 4.53. The van der Waals surface area contributed by atoms with Gasteiger partial charge < -0.3 is 21.0 Å². The number of aromatic nitrogens is 4. The number of carbonyl (C=O) groups is 1. The number of carbonyl (C=O) groups excluding carboxylic acids is 1. The van der Waals surface area contributed by atoms with Crippen LogP contribution in [0.2, 0.25) is 0 Å². The highest BCUT2D eigenvalue weighted by molar-refractivity contribution is 5.88. The highest BCUT2D eigenvalue weighted by Gasteiger charge is 2.17. The Morgan fingerprint density at radius 3 is 3.00 bits per heavy atom. The lowest BCUT2D eigenvalue weighted by Gasteiger charge is -2.03. The number of aromatic amines is 1. The Kier molecular flexibility index (Phi) is 2.64. The molecule has 0 unspecified atom stereocenters. The molecule has 2 heterocycles. The zero-order chi connectivity index (χ0) is 11.5. The molecule has 84 valence electrons. The quantitative estimate of drug-likeness (QED) is 0.615. The second-order valence-electron chi connectivity index (χ2n) is 3.21. The largest absolute Gasteiger partial charge is 0.363 e. The maximum absolute atomic E-state index is 10.7. The van der Waals surface area contributed by atoms with Crippen molar-refractivity contribution in [3.8, 4) is 0 Å². The lowest BCUT2D eigenvalue weighted by molar-refractivity contribution is 0.0987. The minimum absolute atomic E-state index is 0.170. The van der Waals surface area contributed by atoms with Crippen LogP contribution in [0.25, 0.3) is 0 Å². The number of nitrogens with one attached hydrogen (secondary N) is 1. The molecule has 1 amide bonds. The summed E-state index contributed by atoms with van der Waals surface area (Å²) in [6, 6.07) is -0.499. The highest BCUT2D eigenvalue weighted by Crippen LogP contribution is 2.12. The van der Waals surface area contributed by atoms with Gasteiger partial charge in [0.15, 0.2) is 0 Å². The van der Waals surface area contributed by atoms with Crippen molar-refractivity contribution in [3.05, 3.63) is 29.9 Å². The van der Waals surface area contributed by atoms with Gasteiger partial charge in [-0.15, -0.1) is 0 Å². The summed E-state index contributed by atoms with van der Waals surface area (Å²) in [6.07, 6.45) is 3.65. The summed E-state index contributed by atoms with van der Waals surface area (Å²) in [5.41, 5.74) is 11.6. The molecule has 0 saturated carbocycles. The third-order valence-corrected chi connectivity index (χ3v) is 1.97. The van der Waals surface area contributed by atoms with E-state index in [0.29, 0.717) is 6.42 Å². The molecule has 16 heavy (non-hydrogen) atoms. The van der Waals surface area contributed by atoms with E-state index in [0.717, 1.165) is 5.69 Å². The molecule has 8 heteroatoms. The van der Waals surface area contributed by atoms with Gasteiger partial charge in [0.1, 0.15) is 0 Å². The number of hydrogen-bond acceptors (Lipinski definition) is 6. The molecule has 5 N–H and O–H groups in total. The van der Waals surface area contributed by atoms with Gasteiger partial charge in [0.25, 0.3) is 11.7 Å². The van der Waals surface area contributed by atoms with Crippen molar-refractivity contribution in [1.82, 2.24) is 20.1 Å². The molecule has 2 aromatic rings. The molecule has 0 radical (unpaired) electrons. The third kappa shape index (κ3) is 2.06. The lowest BCUT2D eigenvalue weighted by Crippen LogP contribution is -2.16. The predicted octanol–water partition coefficient (Wildman–Crippen LogP) is -0.866. The normalized spacial score (nSPS) is 12.6. The van der Waals surface area contributed by atoms with Gasteiger partial charge in [-0.3, -0.25) is 4.79 Å². The lowest BCUT2D eigenvalue weighted by atomic mass is 10.2. The van der Waals surface area contributed by atoms with Crippen molar-refractivity contribution < 1.29 is 9.32 Å². The van der Waals surface area contributed by atoms with Crippen LogP contribution in [-0.4, -0.2) is 26.0 Å². The van der Waals surface area contributed by atoms with Gasteiger partial charge in [-0.25, -0.2) is 4.98 Å². The fourth-order valence-electron chi connectivity index (χ4n) is 1.21. The van der Waals surface area contributed by atoms with E-state index in [1.807, 2.05) is 0 Å².